The Bertz CT molecular complexity index is 2870. The average Bonchev–Trinajstić information content (AvgIpc) is 3.99. The minimum atomic E-state index is -0.122. The number of H-pyrrole nitrogens is 2. The zero-order valence-corrected chi connectivity index (χ0v) is 46.6. The van der Waals surface area contributed by atoms with Gasteiger partial charge in [0.1, 0.15) is 0 Å². The molecule has 0 unspecified atom stereocenters. The molecule has 9 rings (SSSR count). The Morgan fingerprint density at radius 3 is 0.843 bits per heavy atom. The van der Waals surface area contributed by atoms with Crippen LogP contribution in [0.25, 0.3) is 43.1 Å². The van der Waals surface area contributed by atoms with E-state index in [0.717, 1.165) is 130 Å². The summed E-state index contributed by atoms with van der Waals surface area (Å²) in [5, 5.41) is 24.1. The molecular formula is C56H74N12OV. The third-order valence-electron chi connectivity index (χ3n) is 13.8. The van der Waals surface area contributed by atoms with Gasteiger partial charge in [0, 0.05) is 135 Å². The van der Waals surface area contributed by atoms with E-state index in [0.29, 0.717) is 0 Å². The van der Waals surface area contributed by atoms with Gasteiger partial charge in [-0.1, -0.05) is 83.1 Å². The van der Waals surface area contributed by atoms with Gasteiger partial charge in [-0.15, -0.1) is 0 Å². The third kappa shape index (κ3) is 8.73. The second-order valence-electron chi connectivity index (χ2n) is 24.1. The van der Waals surface area contributed by atoms with Crippen molar-refractivity contribution < 1.29 is 21.0 Å². The van der Waals surface area contributed by atoms with Gasteiger partial charge in [-0.3, -0.25) is 0 Å². The van der Waals surface area contributed by atoms with Gasteiger partial charge in [0.2, 0.25) is 0 Å². The number of rotatable bonds is 4. The van der Waals surface area contributed by atoms with E-state index in [9.17, 15) is 0 Å². The van der Waals surface area contributed by atoms with Gasteiger partial charge in [-0.25, -0.2) is 0 Å². The summed E-state index contributed by atoms with van der Waals surface area (Å²) in [5.74, 6) is 6.38. The molecule has 13 nitrogen and oxygen atoms in total. The molecular weight excluding hydrogens is 908 g/mol. The molecule has 0 saturated carbocycles. The summed E-state index contributed by atoms with van der Waals surface area (Å²) in [6.45, 7) is 27.3. The molecule has 0 atom stereocenters. The maximum absolute atomic E-state index is 8.19. The number of fused-ring (bicyclic) bond motifs is 20. The van der Waals surface area contributed by atoms with E-state index in [1.807, 2.05) is 0 Å². The molecule has 4 aromatic carbocycles. The first kappa shape index (κ1) is 50.2. The molecule has 0 fully saturated rings. The van der Waals surface area contributed by atoms with E-state index >= 15 is 0 Å². The van der Waals surface area contributed by atoms with Crippen LogP contribution in [0.5, 0.6) is 0 Å². The van der Waals surface area contributed by atoms with Crippen molar-refractivity contribution >= 4 is 112 Å². The molecule has 8 aromatic rings. The number of benzene rings is 4. The zero-order valence-electron chi connectivity index (χ0n) is 45.2. The van der Waals surface area contributed by atoms with Crippen LogP contribution in [-0.2, 0) is 42.7 Å². The Labute approximate surface area is 424 Å². The SMILES string of the molecule is CN(C)c1cc(C(C)(C)C)cc2c3[n-]c(c12)Nc1[nH]c(c2c(N(C)C)cc(C(C)(C)C)cc12)Nc1[n-]c(c2c(N(C)C)cc(C(C)(C)C)cc12)Nc1[nH]c(c2c(N(C)C)cc(C(C)(C)C)cc12)N3.[O]=[V+2]. The number of hydrogen-bond acceptors (Lipinski definition) is 9. The molecule has 6 N–H and O–H groups in total. The first-order valence-corrected chi connectivity index (χ1v) is 24.7. The topological polar surface area (TPSA) is 138 Å². The monoisotopic (exact) mass is 982 g/mol. The van der Waals surface area contributed by atoms with Crippen LogP contribution in [-0.4, -0.2) is 66.3 Å². The van der Waals surface area contributed by atoms with E-state index in [2.05, 4.69) is 239 Å². The van der Waals surface area contributed by atoms with Crippen LogP contribution in [0.1, 0.15) is 105 Å². The van der Waals surface area contributed by atoms with E-state index < -0.39 is 0 Å². The van der Waals surface area contributed by atoms with Crippen LogP contribution in [0, 0.1) is 0 Å². The molecule has 0 amide bonds. The van der Waals surface area contributed by atoms with Gasteiger partial charge in [0.05, 0.1) is 23.3 Å². The van der Waals surface area contributed by atoms with Gasteiger partial charge in [0.25, 0.3) is 0 Å². The molecule has 0 spiro atoms. The molecule has 1 aliphatic rings. The normalized spacial score (nSPS) is 13.2. The predicted molar refractivity (Wildman–Crippen MR) is 297 cm³/mol. The van der Waals surface area contributed by atoms with Gasteiger partial charge >= 0.3 is 21.0 Å². The molecule has 8 bridgehead atoms. The molecule has 0 saturated heterocycles. The van der Waals surface area contributed by atoms with Crippen molar-refractivity contribution in [1.82, 2.24) is 19.9 Å². The fraction of sp³-hybridized carbons (Fsp3) is 0.429. The fourth-order valence-electron chi connectivity index (χ4n) is 9.64. The van der Waals surface area contributed by atoms with Crippen molar-refractivity contribution in [3.8, 4) is 0 Å². The van der Waals surface area contributed by atoms with Crippen molar-refractivity contribution in [3.05, 3.63) is 70.8 Å². The summed E-state index contributed by atoms with van der Waals surface area (Å²) >= 11 is 1.06. The fourth-order valence-corrected chi connectivity index (χ4v) is 9.64. The molecule has 4 aromatic heterocycles. The molecule has 5 heterocycles. The summed E-state index contributed by atoms with van der Waals surface area (Å²) in [7, 11) is 17.0. The Morgan fingerprint density at radius 1 is 0.343 bits per heavy atom. The van der Waals surface area contributed by atoms with Crippen molar-refractivity contribution in [3.63, 3.8) is 0 Å². The molecule has 0 radical (unpaired) electrons. The molecule has 369 valence electrons. The van der Waals surface area contributed by atoms with E-state index in [-0.39, 0.29) is 21.7 Å². The molecule has 70 heavy (non-hydrogen) atoms. The maximum atomic E-state index is 8.19. The second-order valence-corrected chi connectivity index (χ2v) is 24.1. The summed E-state index contributed by atoms with van der Waals surface area (Å²) in [6, 6.07) is 18.6. The second kappa shape index (κ2) is 17.3. The number of nitrogens with one attached hydrogen (secondary N) is 6. The molecule has 14 heteroatoms. The van der Waals surface area contributed by atoms with Gasteiger partial charge in [0.15, 0.2) is 0 Å². The first-order valence-electron chi connectivity index (χ1n) is 24.2. The summed E-state index contributed by atoms with van der Waals surface area (Å²) in [6.07, 6.45) is 0. The summed E-state index contributed by atoms with van der Waals surface area (Å²) < 4.78 is 8.19. The van der Waals surface area contributed by atoms with Crippen LogP contribution < -0.4 is 50.8 Å². The van der Waals surface area contributed by atoms with Crippen molar-refractivity contribution in [2.45, 2.75) is 105 Å². The first-order chi connectivity index (χ1) is 32.5. The Balaban J connectivity index is 0.00000325. The van der Waals surface area contributed by atoms with Crippen molar-refractivity contribution in [2.24, 2.45) is 0 Å². The van der Waals surface area contributed by atoms with Crippen LogP contribution in [0.4, 0.5) is 69.3 Å². The van der Waals surface area contributed by atoms with E-state index in [4.69, 9.17) is 13.6 Å². The summed E-state index contributed by atoms with van der Waals surface area (Å²) in [5.41, 5.74) is 8.79. The number of nitrogens with zero attached hydrogens (tertiary/aromatic N) is 6. The molecule has 0 aliphatic carbocycles. The van der Waals surface area contributed by atoms with Gasteiger partial charge < -0.3 is 60.8 Å². The number of anilines is 12. The number of aromatic nitrogens is 4. The van der Waals surface area contributed by atoms with Crippen LogP contribution in [0.15, 0.2) is 48.5 Å². The van der Waals surface area contributed by atoms with Crippen molar-refractivity contribution in [1.29, 1.82) is 0 Å². The van der Waals surface area contributed by atoms with Crippen LogP contribution >= 0.6 is 0 Å². The molecule has 1 aliphatic heterocycles. The third-order valence-corrected chi connectivity index (χ3v) is 13.8. The van der Waals surface area contributed by atoms with Crippen LogP contribution in [0.3, 0.4) is 0 Å². The predicted octanol–water partition coefficient (Wildman–Crippen LogP) is 13.5. The standard InChI is InChI=1S/C56H74N12.O.V/c1-53(2,3)29-21-33-41(37(25-29)65(13)14)49-57-45(33)61-50-42-34(22-30(54(4,5)6)26-38(42)66(15)16)47(58-50)63-52-44-36(24-32(56(10,11)12)28-40(44)68(19)20)48(60-52)64-51-43-35(46(59-51)62-49)23-31(55(7,8)9)27-39(43)67(17)18;;/h21-28,57,60-64H,1-20H3;;/q-2;;+2. The van der Waals surface area contributed by atoms with Gasteiger partial charge in [-0.2, -0.15) is 0 Å². The van der Waals surface area contributed by atoms with Crippen LogP contribution in [0.2, 0.25) is 0 Å². The van der Waals surface area contributed by atoms with Crippen molar-refractivity contribution in [2.75, 3.05) is 97.2 Å². The Hall–Kier alpha value is -6.18. The van der Waals surface area contributed by atoms with Gasteiger partial charge in [-0.05, 0) is 103 Å². The zero-order chi connectivity index (χ0) is 51.5. The average molecular weight is 982 g/mol. The van der Waals surface area contributed by atoms with E-state index in [1.165, 1.54) is 22.3 Å². The Morgan fingerprint density at radius 2 is 0.586 bits per heavy atom. The van der Waals surface area contributed by atoms with E-state index in [1.54, 1.807) is 0 Å². The summed E-state index contributed by atoms with van der Waals surface area (Å²) in [4.78, 5) is 27.8. The Kier molecular flexibility index (Phi) is 12.4. The number of hydrogen-bond donors (Lipinski definition) is 6. The minimum absolute atomic E-state index is 0.118. The number of aromatic amines is 2. The quantitative estimate of drug-likeness (QED) is 0.101.